The van der Waals surface area contributed by atoms with Crippen molar-refractivity contribution in [2.45, 2.75) is 19.9 Å². The molecule has 0 aliphatic heterocycles. The summed E-state index contributed by atoms with van der Waals surface area (Å²) in [6, 6.07) is 17.7. The van der Waals surface area contributed by atoms with Gasteiger partial charge in [-0.25, -0.2) is 9.67 Å². The van der Waals surface area contributed by atoms with Gasteiger partial charge in [-0.3, -0.25) is 4.79 Å². The van der Waals surface area contributed by atoms with Gasteiger partial charge in [0, 0.05) is 25.5 Å². The smallest absolute Gasteiger partial charge is 0.255 e. The highest BCUT2D eigenvalue weighted by Crippen LogP contribution is 2.14. The van der Waals surface area contributed by atoms with Crippen molar-refractivity contribution in [1.82, 2.24) is 20.4 Å². The Morgan fingerprint density at radius 3 is 2.62 bits per heavy atom. The summed E-state index contributed by atoms with van der Waals surface area (Å²) >= 11 is 0. The third-order valence-electron chi connectivity index (χ3n) is 4.45. The molecule has 0 aliphatic carbocycles. The van der Waals surface area contributed by atoms with Gasteiger partial charge in [0.2, 0.25) is 0 Å². The van der Waals surface area contributed by atoms with Crippen LogP contribution in [0.3, 0.4) is 0 Å². The average molecular weight is 548 g/mol. The molecule has 1 aromatic heterocycles. The number of hydrogen-bond acceptors (Lipinski definition) is 4. The van der Waals surface area contributed by atoms with Crippen molar-refractivity contribution in [1.29, 1.82) is 0 Å². The molecule has 170 valence electrons. The summed E-state index contributed by atoms with van der Waals surface area (Å²) < 4.78 is 7.19. The number of nitrogens with two attached hydrogens (primary N) is 1. The van der Waals surface area contributed by atoms with Crippen LogP contribution in [0.1, 0.15) is 18.1 Å². The Bertz CT molecular complexity index is 990. The van der Waals surface area contributed by atoms with Crippen molar-refractivity contribution in [3.05, 3.63) is 78.1 Å². The molecule has 0 saturated heterocycles. The number of aromatic nitrogens is 2. The van der Waals surface area contributed by atoms with Gasteiger partial charge in [0.15, 0.2) is 12.6 Å². The third-order valence-corrected chi connectivity index (χ3v) is 4.45. The Hall–Kier alpha value is -3.08. The maximum absolute atomic E-state index is 10.9. The lowest BCUT2D eigenvalue weighted by Crippen LogP contribution is -2.38. The fraction of sp³-hybridized carbons (Fsp3) is 0.261. The first kappa shape index (κ1) is 25.2. The van der Waals surface area contributed by atoms with Crippen LogP contribution in [0.15, 0.2) is 72.0 Å². The lowest BCUT2D eigenvalue weighted by molar-refractivity contribution is -0.119. The molecule has 1 amide bonds. The van der Waals surface area contributed by atoms with Crippen LogP contribution in [-0.2, 0) is 17.8 Å². The van der Waals surface area contributed by atoms with Crippen LogP contribution in [0.25, 0.3) is 5.69 Å². The lowest BCUT2D eigenvalue weighted by atomic mass is 10.1. The number of aliphatic imine (C=N–C) groups is 1. The van der Waals surface area contributed by atoms with Gasteiger partial charge in [-0.05, 0) is 54.8 Å². The van der Waals surface area contributed by atoms with E-state index in [4.69, 9.17) is 10.5 Å². The zero-order valence-corrected chi connectivity index (χ0v) is 20.4. The van der Waals surface area contributed by atoms with E-state index in [0.717, 1.165) is 36.7 Å². The molecular formula is C23H29IN6O2. The van der Waals surface area contributed by atoms with Crippen molar-refractivity contribution >= 4 is 35.8 Å². The van der Waals surface area contributed by atoms with E-state index in [0.29, 0.717) is 12.3 Å². The Morgan fingerprint density at radius 2 is 1.94 bits per heavy atom. The van der Waals surface area contributed by atoms with E-state index in [9.17, 15) is 4.79 Å². The molecule has 3 rings (SSSR count). The Kier molecular flexibility index (Phi) is 10.5. The largest absolute Gasteiger partial charge is 0.484 e. The van der Waals surface area contributed by atoms with Crippen LogP contribution < -0.4 is 21.1 Å². The lowest BCUT2D eigenvalue weighted by Gasteiger charge is -2.12. The summed E-state index contributed by atoms with van der Waals surface area (Å²) in [5, 5.41) is 10.9. The van der Waals surface area contributed by atoms with Crippen LogP contribution in [0, 0.1) is 0 Å². The van der Waals surface area contributed by atoms with Gasteiger partial charge >= 0.3 is 0 Å². The molecule has 0 radical (unpaired) electrons. The number of nitrogens with zero attached hydrogens (tertiary/aromatic N) is 3. The summed E-state index contributed by atoms with van der Waals surface area (Å²) in [7, 11) is 0. The topological polar surface area (TPSA) is 107 Å². The molecule has 1 heterocycles. The highest BCUT2D eigenvalue weighted by molar-refractivity contribution is 14.0. The summed E-state index contributed by atoms with van der Waals surface area (Å²) in [5.74, 6) is 0.847. The first-order valence-electron chi connectivity index (χ1n) is 10.2. The molecule has 0 spiro atoms. The monoisotopic (exact) mass is 548 g/mol. The molecule has 4 N–H and O–H groups in total. The second kappa shape index (κ2) is 13.4. The van der Waals surface area contributed by atoms with E-state index in [-0.39, 0.29) is 30.6 Å². The van der Waals surface area contributed by atoms with Crippen molar-refractivity contribution in [3.63, 3.8) is 0 Å². The number of guanidine groups is 1. The number of hydrogen-bond donors (Lipinski definition) is 3. The molecule has 0 aliphatic rings. The quantitative estimate of drug-likeness (QED) is 0.205. The summed E-state index contributed by atoms with van der Waals surface area (Å²) in [6.07, 6.45) is 4.57. The first-order chi connectivity index (χ1) is 15.1. The van der Waals surface area contributed by atoms with Crippen LogP contribution in [0.5, 0.6) is 5.75 Å². The number of primary amides is 1. The maximum Gasteiger partial charge on any atom is 0.255 e. The molecule has 0 unspecified atom stereocenters. The van der Waals surface area contributed by atoms with E-state index in [1.807, 2.05) is 42.1 Å². The number of carbonyl (C=O) groups is 1. The van der Waals surface area contributed by atoms with Gasteiger partial charge in [0.05, 0.1) is 12.2 Å². The zero-order valence-electron chi connectivity index (χ0n) is 18.0. The molecule has 0 bridgehead atoms. The van der Waals surface area contributed by atoms with Crippen LogP contribution in [-0.4, -0.2) is 41.3 Å². The highest BCUT2D eigenvalue weighted by atomic mass is 127. The molecule has 32 heavy (non-hydrogen) atoms. The molecule has 0 saturated carbocycles. The third kappa shape index (κ3) is 8.22. The highest BCUT2D eigenvalue weighted by Gasteiger charge is 2.02. The Labute approximate surface area is 205 Å². The fourth-order valence-electron chi connectivity index (χ4n) is 2.96. The zero-order chi connectivity index (χ0) is 21.9. The standard InChI is InChI=1S/C23H28N6O2.HI/c1-2-25-23(27-16-19-5-3-6-21(15-19)31-17-22(24)30)26-13-11-18-7-9-20(10-8-18)29-14-4-12-28-29;/h3-10,12,14-15H,2,11,13,16-17H2,1H3,(H2,24,30)(H2,25,26,27);1H. The van der Waals surface area contributed by atoms with Gasteiger partial charge < -0.3 is 21.1 Å². The minimum atomic E-state index is -0.502. The predicted octanol–water partition coefficient (Wildman–Crippen LogP) is 2.65. The van der Waals surface area contributed by atoms with Crippen LogP contribution in [0.2, 0.25) is 0 Å². The Morgan fingerprint density at radius 1 is 1.12 bits per heavy atom. The van der Waals surface area contributed by atoms with Crippen molar-refractivity contribution in [3.8, 4) is 11.4 Å². The van der Waals surface area contributed by atoms with Crippen LogP contribution in [0.4, 0.5) is 0 Å². The molecule has 0 fully saturated rings. The van der Waals surface area contributed by atoms with Crippen molar-refractivity contribution < 1.29 is 9.53 Å². The normalized spacial score (nSPS) is 10.8. The SMILES string of the molecule is CCNC(=NCc1cccc(OCC(N)=O)c1)NCCc1ccc(-n2cccn2)cc1.I. The van der Waals surface area contributed by atoms with E-state index in [1.54, 1.807) is 12.3 Å². The predicted molar refractivity (Wildman–Crippen MR) is 137 cm³/mol. The summed E-state index contributed by atoms with van der Waals surface area (Å²) in [5.41, 5.74) is 8.38. The second-order valence-electron chi connectivity index (χ2n) is 6.89. The molecule has 0 atom stereocenters. The summed E-state index contributed by atoms with van der Waals surface area (Å²) in [6.45, 7) is 3.91. The molecule has 8 nitrogen and oxygen atoms in total. The number of benzene rings is 2. The maximum atomic E-state index is 10.9. The number of carbonyl (C=O) groups excluding carboxylic acids is 1. The number of amides is 1. The van der Waals surface area contributed by atoms with Gasteiger partial charge in [-0.15, -0.1) is 24.0 Å². The van der Waals surface area contributed by atoms with Crippen LogP contribution >= 0.6 is 24.0 Å². The minimum Gasteiger partial charge on any atom is -0.484 e. The molecular weight excluding hydrogens is 519 g/mol. The van der Waals surface area contributed by atoms with E-state index < -0.39 is 5.91 Å². The van der Waals surface area contributed by atoms with E-state index in [1.165, 1.54) is 5.56 Å². The van der Waals surface area contributed by atoms with Gasteiger partial charge in [-0.1, -0.05) is 24.3 Å². The average Bonchev–Trinajstić information content (AvgIpc) is 3.32. The fourth-order valence-corrected chi connectivity index (χ4v) is 2.96. The van der Waals surface area contributed by atoms with E-state index in [2.05, 4.69) is 45.0 Å². The molecule has 9 heteroatoms. The van der Waals surface area contributed by atoms with Gasteiger partial charge in [-0.2, -0.15) is 5.10 Å². The Balaban J connectivity index is 0.00000363. The van der Waals surface area contributed by atoms with Gasteiger partial charge in [0.1, 0.15) is 5.75 Å². The van der Waals surface area contributed by atoms with Gasteiger partial charge in [0.25, 0.3) is 5.91 Å². The first-order valence-corrected chi connectivity index (χ1v) is 10.2. The van der Waals surface area contributed by atoms with Crippen molar-refractivity contribution in [2.75, 3.05) is 19.7 Å². The number of halogens is 1. The number of rotatable bonds is 10. The van der Waals surface area contributed by atoms with E-state index >= 15 is 0 Å². The van der Waals surface area contributed by atoms with Crippen molar-refractivity contribution in [2.24, 2.45) is 10.7 Å². The number of nitrogens with one attached hydrogen (secondary N) is 2. The summed E-state index contributed by atoms with van der Waals surface area (Å²) in [4.78, 5) is 15.5. The second-order valence-corrected chi connectivity index (χ2v) is 6.89. The number of ether oxygens (including phenoxy) is 1. The molecule has 2 aromatic carbocycles. The molecule has 3 aromatic rings. The minimum absolute atomic E-state index is 0.